The predicted molar refractivity (Wildman–Crippen MR) is 131 cm³/mol. The molecule has 1 aromatic heterocycles. The van der Waals surface area contributed by atoms with Gasteiger partial charge >= 0.3 is 6.09 Å². The highest BCUT2D eigenvalue weighted by Crippen LogP contribution is 2.30. The van der Waals surface area contributed by atoms with E-state index in [1.807, 2.05) is 54.6 Å². The molecule has 178 valence electrons. The van der Waals surface area contributed by atoms with Crippen molar-refractivity contribution in [3.8, 4) is 28.1 Å². The molecule has 2 amide bonds. The Balaban J connectivity index is 1.60. The highest BCUT2D eigenvalue weighted by Gasteiger charge is 2.18. The van der Waals surface area contributed by atoms with Gasteiger partial charge in [0.05, 0.1) is 24.2 Å². The molecule has 0 bridgehead atoms. The SMILES string of the molecule is CCOC(=O)NCC(=O)NCc1cnn(-c2ccc(-c3ccccc3)cc2)c1-c1ccccc1F. The number of carbonyl (C=O) groups is 2. The van der Waals surface area contributed by atoms with Gasteiger partial charge in [0.15, 0.2) is 0 Å². The van der Waals surface area contributed by atoms with Crippen molar-refractivity contribution in [3.05, 3.63) is 96.4 Å². The first-order valence-corrected chi connectivity index (χ1v) is 11.2. The van der Waals surface area contributed by atoms with Gasteiger partial charge in [0.2, 0.25) is 5.91 Å². The lowest BCUT2D eigenvalue weighted by Gasteiger charge is -2.12. The second kappa shape index (κ2) is 11.1. The van der Waals surface area contributed by atoms with Crippen molar-refractivity contribution in [1.82, 2.24) is 20.4 Å². The van der Waals surface area contributed by atoms with Crippen LogP contribution in [-0.2, 0) is 16.1 Å². The molecule has 0 unspecified atom stereocenters. The van der Waals surface area contributed by atoms with E-state index in [2.05, 4.69) is 15.7 Å². The second-order valence-corrected chi connectivity index (χ2v) is 7.67. The number of nitrogens with one attached hydrogen (secondary N) is 2. The molecular formula is C27H25FN4O3. The van der Waals surface area contributed by atoms with Crippen molar-refractivity contribution >= 4 is 12.0 Å². The summed E-state index contributed by atoms with van der Waals surface area (Å²) in [6, 6.07) is 24.2. The van der Waals surface area contributed by atoms with Gasteiger partial charge in [0, 0.05) is 17.7 Å². The van der Waals surface area contributed by atoms with Gasteiger partial charge in [-0.3, -0.25) is 4.79 Å². The number of rotatable bonds is 8. The fourth-order valence-electron chi connectivity index (χ4n) is 3.66. The molecule has 0 aliphatic rings. The van der Waals surface area contributed by atoms with Crippen LogP contribution < -0.4 is 10.6 Å². The van der Waals surface area contributed by atoms with Crippen LogP contribution in [0.5, 0.6) is 0 Å². The summed E-state index contributed by atoms with van der Waals surface area (Å²) in [5.74, 6) is -0.802. The maximum atomic E-state index is 14.8. The monoisotopic (exact) mass is 472 g/mol. The summed E-state index contributed by atoms with van der Waals surface area (Å²) in [5.41, 5.74) is 4.43. The zero-order chi connectivity index (χ0) is 24.6. The molecule has 0 atom stereocenters. The van der Waals surface area contributed by atoms with Gasteiger partial charge in [-0.25, -0.2) is 13.9 Å². The summed E-state index contributed by atoms with van der Waals surface area (Å²) in [7, 11) is 0. The fraction of sp³-hybridized carbons (Fsp3) is 0.148. The normalized spacial score (nSPS) is 10.6. The lowest BCUT2D eigenvalue weighted by molar-refractivity contribution is -0.120. The van der Waals surface area contributed by atoms with Gasteiger partial charge in [0.25, 0.3) is 0 Å². The van der Waals surface area contributed by atoms with E-state index in [4.69, 9.17) is 4.74 Å². The summed E-state index contributed by atoms with van der Waals surface area (Å²) < 4.78 is 21.2. The number of nitrogens with zero attached hydrogens (tertiary/aromatic N) is 2. The number of benzene rings is 3. The van der Waals surface area contributed by atoms with Crippen LogP contribution in [0.4, 0.5) is 9.18 Å². The van der Waals surface area contributed by atoms with Crippen molar-refractivity contribution in [3.63, 3.8) is 0 Å². The third-order valence-electron chi connectivity index (χ3n) is 5.34. The van der Waals surface area contributed by atoms with Crippen LogP contribution in [0.2, 0.25) is 0 Å². The smallest absolute Gasteiger partial charge is 0.407 e. The molecule has 7 nitrogen and oxygen atoms in total. The van der Waals surface area contributed by atoms with E-state index in [1.54, 1.807) is 36.0 Å². The van der Waals surface area contributed by atoms with Crippen LogP contribution in [0.3, 0.4) is 0 Å². The molecule has 0 aliphatic heterocycles. The Kier molecular flexibility index (Phi) is 7.52. The third kappa shape index (κ3) is 5.73. The molecule has 2 N–H and O–H groups in total. The van der Waals surface area contributed by atoms with E-state index in [0.29, 0.717) is 16.8 Å². The number of amides is 2. The maximum absolute atomic E-state index is 14.8. The Labute approximate surface area is 202 Å². The Morgan fingerprint density at radius 3 is 2.31 bits per heavy atom. The zero-order valence-electron chi connectivity index (χ0n) is 19.2. The first-order valence-electron chi connectivity index (χ1n) is 11.2. The van der Waals surface area contributed by atoms with Gasteiger partial charge in [-0.05, 0) is 42.3 Å². The summed E-state index contributed by atoms with van der Waals surface area (Å²) in [6.07, 6.45) is 0.938. The third-order valence-corrected chi connectivity index (χ3v) is 5.34. The molecular weight excluding hydrogens is 447 g/mol. The highest BCUT2D eigenvalue weighted by atomic mass is 19.1. The molecule has 3 aromatic carbocycles. The topological polar surface area (TPSA) is 85.2 Å². The van der Waals surface area contributed by atoms with Gasteiger partial charge in [0.1, 0.15) is 12.4 Å². The van der Waals surface area contributed by atoms with Crippen molar-refractivity contribution in [2.24, 2.45) is 0 Å². The van der Waals surface area contributed by atoms with Crippen LogP contribution in [-0.4, -0.2) is 34.9 Å². The van der Waals surface area contributed by atoms with Gasteiger partial charge < -0.3 is 15.4 Å². The van der Waals surface area contributed by atoms with Crippen LogP contribution in [0.25, 0.3) is 28.1 Å². The first-order chi connectivity index (χ1) is 17.1. The quantitative estimate of drug-likeness (QED) is 0.389. The van der Waals surface area contributed by atoms with Crippen molar-refractivity contribution in [1.29, 1.82) is 0 Å². The van der Waals surface area contributed by atoms with Gasteiger partial charge in [-0.2, -0.15) is 5.10 Å². The van der Waals surface area contributed by atoms with Crippen LogP contribution in [0.1, 0.15) is 12.5 Å². The molecule has 4 rings (SSSR count). The molecule has 0 radical (unpaired) electrons. The minimum atomic E-state index is -0.665. The summed E-state index contributed by atoms with van der Waals surface area (Å²) in [5, 5.41) is 9.60. The molecule has 0 fully saturated rings. The summed E-state index contributed by atoms with van der Waals surface area (Å²) >= 11 is 0. The van der Waals surface area contributed by atoms with Crippen molar-refractivity contribution in [2.45, 2.75) is 13.5 Å². The number of aromatic nitrogens is 2. The Morgan fingerprint density at radius 1 is 0.914 bits per heavy atom. The molecule has 0 aliphatic carbocycles. The van der Waals surface area contributed by atoms with Gasteiger partial charge in [-0.1, -0.05) is 54.6 Å². The van der Waals surface area contributed by atoms with Crippen LogP contribution in [0, 0.1) is 5.82 Å². The number of alkyl carbamates (subject to hydrolysis) is 1. The molecule has 0 spiro atoms. The minimum absolute atomic E-state index is 0.106. The first kappa shape index (κ1) is 23.7. The van der Waals surface area contributed by atoms with E-state index >= 15 is 0 Å². The summed E-state index contributed by atoms with van der Waals surface area (Å²) in [6.45, 7) is 1.76. The molecule has 4 aromatic rings. The largest absolute Gasteiger partial charge is 0.450 e. The number of ether oxygens (including phenoxy) is 1. The average molecular weight is 473 g/mol. The molecule has 8 heteroatoms. The maximum Gasteiger partial charge on any atom is 0.407 e. The summed E-state index contributed by atoms with van der Waals surface area (Å²) in [4.78, 5) is 23.6. The number of hydrogen-bond donors (Lipinski definition) is 2. The molecule has 1 heterocycles. The minimum Gasteiger partial charge on any atom is -0.450 e. The number of carbonyl (C=O) groups excluding carboxylic acids is 2. The highest BCUT2D eigenvalue weighted by molar-refractivity contribution is 5.82. The fourth-order valence-corrected chi connectivity index (χ4v) is 3.66. The second-order valence-electron chi connectivity index (χ2n) is 7.67. The van der Waals surface area contributed by atoms with Crippen molar-refractivity contribution in [2.75, 3.05) is 13.2 Å². The zero-order valence-corrected chi connectivity index (χ0v) is 19.2. The predicted octanol–water partition coefficient (Wildman–Crippen LogP) is 4.71. The van der Waals surface area contributed by atoms with E-state index < -0.39 is 17.8 Å². The van der Waals surface area contributed by atoms with Crippen molar-refractivity contribution < 1.29 is 18.7 Å². The molecule has 35 heavy (non-hydrogen) atoms. The Bertz CT molecular complexity index is 1300. The Morgan fingerprint density at radius 2 is 1.60 bits per heavy atom. The average Bonchev–Trinajstić information content (AvgIpc) is 3.31. The van der Waals surface area contributed by atoms with E-state index in [-0.39, 0.29) is 19.7 Å². The van der Waals surface area contributed by atoms with Crippen LogP contribution in [0.15, 0.2) is 85.1 Å². The van der Waals surface area contributed by atoms with E-state index in [9.17, 15) is 14.0 Å². The van der Waals surface area contributed by atoms with Gasteiger partial charge in [-0.15, -0.1) is 0 Å². The number of hydrogen-bond acceptors (Lipinski definition) is 4. The van der Waals surface area contributed by atoms with E-state index in [1.165, 1.54) is 6.07 Å². The lowest BCUT2D eigenvalue weighted by atomic mass is 10.0. The molecule has 0 saturated carbocycles. The lowest BCUT2D eigenvalue weighted by Crippen LogP contribution is -2.36. The van der Waals surface area contributed by atoms with Crippen LogP contribution >= 0.6 is 0 Å². The standard InChI is InChI=1S/C27H25FN4O3/c1-2-35-27(34)30-18-25(33)29-16-21-17-31-32(26(21)23-10-6-7-11-24(23)28)22-14-12-20(13-15-22)19-8-4-3-5-9-19/h3-15,17H,2,16,18H2,1H3,(H,29,33)(H,30,34). The molecule has 0 saturated heterocycles. The Hall–Kier alpha value is -4.46. The number of halogens is 1. The van der Waals surface area contributed by atoms with E-state index in [0.717, 1.165) is 16.8 Å².